The number of pyridine rings is 1. The lowest BCUT2D eigenvalue weighted by atomic mass is 9.90. The van der Waals surface area contributed by atoms with E-state index in [2.05, 4.69) is 15.6 Å². The Morgan fingerprint density at radius 3 is 2.02 bits per heavy atom. The summed E-state index contributed by atoms with van der Waals surface area (Å²) in [6.07, 6.45) is 1.91. The standard InChI is InChI=1S/C31H31N5O4/c32-27-15-10-22(19-34-27)16-26(30(39)35-18-21-8-6-20(7-9-21)17-28(33)38)36-31(40)29(23-4-2-1-3-5-23)24-11-13-25(37)14-12-24/h1-15,19,26,29,37H,16-18H2,(H2,32,34)(H2,33,38)(H,35,39)(H,36,40). The fourth-order valence-electron chi connectivity index (χ4n) is 4.35. The first-order valence-corrected chi connectivity index (χ1v) is 12.8. The van der Waals surface area contributed by atoms with Gasteiger partial charge in [0.15, 0.2) is 0 Å². The first kappa shape index (κ1) is 27.8. The third-order valence-corrected chi connectivity index (χ3v) is 6.41. The van der Waals surface area contributed by atoms with E-state index in [4.69, 9.17) is 11.5 Å². The number of anilines is 1. The van der Waals surface area contributed by atoms with E-state index in [1.807, 2.05) is 42.5 Å². The van der Waals surface area contributed by atoms with Crippen LogP contribution in [0.4, 0.5) is 5.82 Å². The number of hydrogen-bond acceptors (Lipinski definition) is 6. The molecule has 4 rings (SSSR count). The van der Waals surface area contributed by atoms with E-state index in [1.165, 1.54) is 12.1 Å². The van der Waals surface area contributed by atoms with Gasteiger partial charge in [0.2, 0.25) is 17.7 Å². The van der Waals surface area contributed by atoms with Gasteiger partial charge in [0, 0.05) is 19.2 Å². The molecule has 0 aliphatic heterocycles. The molecule has 1 aromatic heterocycles. The molecule has 0 aliphatic carbocycles. The van der Waals surface area contributed by atoms with E-state index < -0.39 is 17.9 Å². The Kier molecular flexibility index (Phi) is 9.09. The van der Waals surface area contributed by atoms with E-state index >= 15 is 0 Å². The van der Waals surface area contributed by atoms with E-state index in [1.54, 1.807) is 42.6 Å². The average molecular weight is 538 g/mol. The second kappa shape index (κ2) is 13.1. The quantitative estimate of drug-likeness (QED) is 0.198. The van der Waals surface area contributed by atoms with Crippen molar-refractivity contribution in [2.24, 2.45) is 5.73 Å². The molecule has 3 amide bonds. The van der Waals surface area contributed by atoms with Gasteiger partial charge in [0.1, 0.15) is 17.6 Å². The predicted octanol–water partition coefficient (Wildman–Crippen LogP) is 2.57. The van der Waals surface area contributed by atoms with Crippen LogP contribution in [0.25, 0.3) is 0 Å². The van der Waals surface area contributed by atoms with Gasteiger partial charge in [-0.05, 0) is 46.0 Å². The molecule has 40 heavy (non-hydrogen) atoms. The number of nitrogens with one attached hydrogen (secondary N) is 2. The zero-order chi connectivity index (χ0) is 28.5. The van der Waals surface area contributed by atoms with Crippen molar-refractivity contribution in [3.63, 3.8) is 0 Å². The molecule has 2 unspecified atom stereocenters. The highest BCUT2D eigenvalue weighted by molar-refractivity contribution is 5.92. The molecule has 9 heteroatoms. The van der Waals surface area contributed by atoms with Gasteiger partial charge < -0.3 is 27.2 Å². The largest absolute Gasteiger partial charge is 0.508 e. The normalized spacial score (nSPS) is 12.2. The molecule has 0 saturated heterocycles. The van der Waals surface area contributed by atoms with Crippen LogP contribution < -0.4 is 22.1 Å². The molecule has 3 aromatic carbocycles. The first-order valence-electron chi connectivity index (χ1n) is 12.8. The van der Waals surface area contributed by atoms with Gasteiger partial charge in [-0.3, -0.25) is 14.4 Å². The van der Waals surface area contributed by atoms with Crippen LogP contribution in [0.5, 0.6) is 5.75 Å². The first-order chi connectivity index (χ1) is 19.3. The Balaban J connectivity index is 1.55. The molecule has 0 radical (unpaired) electrons. The minimum atomic E-state index is -0.907. The Bertz CT molecular complexity index is 1440. The van der Waals surface area contributed by atoms with Crippen molar-refractivity contribution in [3.05, 3.63) is 125 Å². The number of carbonyl (C=O) groups is 3. The topological polar surface area (TPSA) is 160 Å². The van der Waals surface area contributed by atoms with Crippen LogP contribution in [0.2, 0.25) is 0 Å². The molecule has 4 aromatic rings. The van der Waals surface area contributed by atoms with Gasteiger partial charge >= 0.3 is 0 Å². The number of phenolic OH excluding ortho intramolecular Hbond substituents is 1. The molecule has 0 saturated carbocycles. The van der Waals surface area contributed by atoms with Crippen molar-refractivity contribution in [3.8, 4) is 5.75 Å². The van der Waals surface area contributed by atoms with Crippen LogP contribution in [0.3, 0.4) is 0 Å². The monoisotopic (exact) mass is 537 g/mol. The van der Waals surface area contributed by atoms with Crippen LogP contribution in [-0.4, -0.2) is 33.9 Å². The summed E-state index contributed by atoms with van der Waals surface area (Å²) in [5, 5.41) is 15.6. The molecule has 1 heterocycles. The average Bonchev–Trinajstić information content (AvgIpc) is 2.95. The number of primary amides is 1. The predicted molar refractivity (Wildman–Crippen MR) is 152 cm³/mol. The maximum atomic E-state index is 13.8. The van der Waals surface area contributed by atoms with Crippen LogP contribution in [0.15, 0.2) is 97.2 Å². The van der Waals surface area contributed by atoms with Crippen molar-refractivity contribution in [2.75, 3.05) is 5.73 Å². The number of aromatic nitrogens is 1. The van der Waals surface area contributed by atoms with Crippen LogP contribution in [0.1, 0.15) is 33.7 Å². The number of aromatic hydroxyl groups is 1. The zero-order valence-corrected chi connectivity index (χ0v) is 21.8. The Labute approximate surface area is 232 Å². The van der Waals surface area contributed by atoms with Crippen molar-refractivity contribution in [1.82, 2.24) is 15.6 Å². The van der Waals surface area contributed by atoms with Crippen LogP contribution in [-0.2, 0) is 33.8 Å². The molecule has 7 N–H and O–H groups in total. The number of nitrogens with zero attached hydrogens (tertiary/aromatic N) is 1. The Morgan fingerprint density at radius 2 is 1.40 bits per heavy atom. The second-order valence-corrected chi connectivity index (χ2v) is 9.47. The van der Waals surface area contributed by atoms with Crippen molar-refractivity contribution >= 4 is 23.5 Å². The van der Waals surface area contributed by atoms with Gasteiger partial charge in [-0.15, -0.1) is 0 Å². The van der Waals surface area contributed by atoms with Gasteiger partial charge in [-0.2, -0.15) is 0 Å². The summed E-state index contributed by atoms with van der Waals surface area (Å²) in [5.41, 5.74) is 14.7. The maximum absolute atomic E-state index is 13.8. The molecule has 0 bridgehead atoms. The van der Waals surface area contributed by atoms with Gasteiger partial charge in [0.25, 0.3) is 0 Å². The highest BCUT2D eigenvalue weighted by atomic mass is 16.3. The number of amides is 3. The molecule has 0 fully saturated rings. The van der Waals surface area contributed by atoms with Crippen molar-refractivity contribution in [1.29, 1.82) is 0 Å². The number of hydrogen-bond donors (Lipinski definition) is 5. The number of benzene rings is 3. The Hall–Kier alpha value is -5.18. The lowest BCUT2D eigenvalue weighted by molar-refractivity contribution is -0.129. The van der Waals surface area contributed by atoms with Crippen molar-refractivity contribution in [2.45, 2.75) is 31.3 Å². The van der Waals surface area contributed by atoms with Gasteiger partial charge in [0.05, 0.1) is 12.3 Å². The number of nitrogens with two attached hydrogens (primary N) is 2. The summed E-state index contributed by atoms with van der Waals surface area (Å²) in [5.74, 6) is -1.42. The van der Waals surface area contributed by atoms with Crippen LogP contribution >= 0.6 is 0 Å². The zero-order valence-electron chi connectivity index (χ0n) is 21.8. The third kappa shape index (κ3) is 7.67. The molecule has 2 atom stereocenters. The highest BCUT2D eigenvalue weighted by Gasteiger charge is 2.28. The summed E-state index contributed by atoms with van der Waals surface area (Å²) < 4.78 is 0. The lowest BCUT2D eigenvalue weighted by Gasteiger charge is -2.23. The molecule has 0 aliphatic rings. The maximum Gasteiger partial charge on any atom is 0.243 e. The van der Waals surface area contributed by atoms with E-state index in [0.29, 0.717) is 11.4 Å². The van der Waals surface area contributed by atoms with E-state index in [9.17, 15) is 19.5 Å². The van der Waals surface area contributed by atoms with E-state index in [0.717, 1.165) is 22.3 Å². The number of phenols is 1. The molecular formula is C31H31N5O4. The van der Waals surface area contributed by atoms with Gasteiger partial charge in [-0.25, -0.2) is 4.98 Å². The third-order valence-electron chi connectivity index (χ3n) is 6.41. The smallest absolute Gasteiger partial charge is 0.243 e. The Morgan fingerprint density at radius 1 is 0.775 bits per heavy atom. The second-order valence-electron chi connectivity index (χ2n) is 9.47. The number of carbonyl (C=O) groups excluding carboxylic acids is 3. The molecule has 0 spiro atoms. The fraction of sp³-hybridized carbons (Fsp3) is 0.161. The summed E-state index contributed by atoms with van der Waals surface area (Å²) >= 11 is 0. The molecule has 204 valence electrons. The summed E-state index contributed by atoms with van der Waals surface area (Å²) in [4.78, 5) is 42.4. The number of rotatable bonds is 11. The summed E-state index contributed by atoms with van der Waals surface area (Å²) in [7, 11) is 0. The van der Waals surface area contributed by atoms with Crippen molar-refractivity contribution < 1.29 is 19.5 Å². The minimum Gasteiger partial charge on any atom is -0.508 e. The van der Waals surface area contributed by atoms with E-state index in [-0.39, 0.29) is 37.0 Å². The van der Waals surface area contributed by atoms with Gasteiger partial charge in [-0.1, -0.05) is 72.8 Å². The summed E-state index contributed by atoms with van der Waals surface area (Å²) in [6, 6.07) is 25.4. The summed E-state index contributed by atoms with van der Waals surface area (Å²) in [6.45, 7) is 0.224. The fourth-order valence-corrected chi connectivity index (χ4v) is 4.35. The van der Waals surface area contributed by atoms with Crippen LogP contribution in [0, 0.1) is 0 Å². The minimum absolute atomic E-state index is 0.0896. The highest BCUT2D eigenvalue weighted by Crippen LogP contribution is 2.27. The molecule has 9 nitrogen and oxygen atoms in total. The SMILES string of the molecule is NC(=O)Cc1ccc(CNC(=O)C(Cc2ccc(N)nc2)NC(=O)C(c2ccccc2)c2ccc(O)cc2)cc1. The lowest BCUT2D eigenvalue weighted by Crippen LogP contribution is -2.49. The molecular weight excluding hydrogens is 506 g/mol. The number of nitrogen functional groups attached to an aromatic ring is 1.